The topological polar surface area (TPSA) is 76.3 Å². The minimum absolute atomic E-state index is 0.160. The van der Waals surface area contributed by atoms with Crippen LogP contribution in [0.5, 0.6) is 0 Å². The van der Waals surface area contributed by atoms with Crippen molar-refractivity contribution in [2.24, 2.45) is 0 Å². The summed E-state index contributed by atoms with van der Waals surface area (Å²) >= 11 is 0. The number of aryl methyl sites for hydroxylation is 1. The molecule has 5 nitrogen and oxygen atoms in total. The van der Waals surface area contributed by atoms with Crippen LogP contribution >= 0.6 is 0 Å². The first-order chi connectivity index (χ1) is 9.58. The molecule has 0 saturated heterocycles. The van der Waals surface area contributed by atoms with E-state index in [0.29, 0.717) is 22.5 Å². The second-order valence-electron chi connectivity index (χ2n) is 4.74. The van der Waals surface area contributed by atoms with Gasteiger partial charge in [0.15, 0.2) is 0 Å². The van der Waals surface area contributed by atoms with Crippen molar-refractivity contribution in [2.45, 2.75) is 13.5 Å². The van der Waals surface area contributed by atoms with Crippen LogP contribution in [0.1, 0.15) is 32.1 Å². The van der Waals surface area contributed by atoms with Gasteiger partial charge in [0.05, 0.1) is 23.4 Å². The van der Waals surface area contributed by atoms with Gasteiger partial charge in [-0.1, -0.05) is 12.1 Å². The molecule has 0 spiro atoms. The summed E-state index contributed by atoms with van der Waals surface area (Å²) < 4.78 is 0. The Hall–Kier alpha value is -2.69. The number of anilines is 1. The summed E-state index contributed by atoms with van der Waals surface area (Å²) in [5.41, 5.74) is 8.31. The van der Waals surface area contributed by atoms with Crippen molar-refractivity contribution in [1.29, 1.82) is 0 Å². The molecule has 2 heterocycles. The maximum absolute atomic E-state index is 12.3. The van der Waals surface area contributed by atoms with Crippen molar-refractivity contribution in [2.75, 3.05) is 5.73 Å². The van der Waals surface area contributed by atoms with E-state index in [2.05, 4.69) is 4.98 Å². The standard InChI is InChI=1S/C15H13N3O2/c1-9-4-2-5-10(17-9)8-18-14(19)11-6-3-7-12(16)13(11)15(18)20/h2-7H,8,16H2,1H3. The Morgan fingerprint density at radius 1 is 1.10 bits per heavy atom. The molecule has 2 amide bonds. The van der Waals surface area contributed by atoms with Crippen molar-refractivity contribution >= 4 is 17.5 Å². The highest BCUT2D eigenvalue weighted by Gasteiger charge is 2.37. The van der Waals surface area contributed by atoms with Gasteiger partial charge in [-0.2, -0.15) is 0 Å². The van der Waals surface area contributed by atoms with Crippen molar-refractivity contribution in [1.82, 2.24) is 9.88 Å². The van der Waals surface area contributed by atoms with E-state index < -0.39 is 0 Å². The van der Waals surface area contributed by atoms with Gasteiger partial charge in [-0.3, -0.25) is 19.5 Å². The van der Waals surface area contributed by atoms with E-state index in [1.165, 1.54) is 4.90 Å². The minimum atomic E-state index is -0.355. The normalized spacial score (nSPS) is 13.8. The van der Waals surface area contributed by atoms with Crippen molar-refractivity contribution < 1.29 is 9.59 Å². The van der Waals surface area contributed by atoms with Crippen LogP contribution in [0.15, 0.2) is 36.4 Å². The minimum Gasteiger partial charge on any atom is -0.398 e. The summed E-state index contributed by atoms with van der Waals surface area (Å²) in [5, 5.41) is 0. The van der Waals surface area contributed by atoms with Gasteiger partial charge >= 0.3 is 0 Å². The molecule has 0 fully saturated rings. The summed E-state index contributed by atoms with van der Waals surface area (Å²) in [6.45, 7) is 2.03. The molecule has 1 aliphatic heterocycles. The quantitative estimate of drug-likeness (QED) is 0.664. The number of carbonyl (C=O) groups is 2. The first kappa shape index (κ1) is 12.3. The number of nitrogens with two attached hydrogens (primary N) is 1. The predicted octanol–water partition coefficient (Wildman–Crippen LogP) is 1.77. The maximum Gasteiger partial charge on any atom is 0.264 e. The Balaban J connectivity index is 1.96. The van der Waals surface area contributed by atoms with E-state index in [1.54, 1.807) is 24.3 Å². The number of fused-ring (bicyclic) bond motifs is 1. The molecular formula is C15H13N3O2. The number of nitrogen functional groups attached to an aromatic ring is 1. The van der Waals surface area contributed by atoms with Gasteiger partial charge in [0.25, 0.3) is 11.8 Å². The van der Waals surface area contributed by atoms with Gasteiger partial charge in [0.1, 0.15) is 0 Å². The second kappa shape index (κ2) is 4.45. The zero-order valence-electron chi connectivity index (χ0n) is 11.0. The number of benzene rings is 1. The molecule has 3 rings (SSSR count). The SMILES string of the molecule is Cc1cccc(CN2C(=O)c3cccc(N)c3C2=O)n1. The van der Waals surface area contributed by atoms with E-state index in [1.807, 2.05) is 19.1 Å². The van der Waals surface area contributed by atoms with Crippen molar-refractivity contribution in [3.63, 3.8) is 0 Å². The summed E-state index contributed by atoms with van der Waals surface area (Å²) in [7, 11) is 0. The fourth-order valence-corrected chi connectivity index (χ4v) is 2.35. The third-order valence-electron chi connectivity index (χ3n) is 3.30. The maximum atomic E-state index is 12.3. The molecule has 0 unspecified atom stereocenters. The number of carbonyl (C=O) groups excluding carboxylic acids is 2. The first-order valence-electron chi connectivity index (χ1n) is 6.25. The highest BCUT2D eigenvalue weighted by atomic mass is 16.2. The zero-order chi connectivity index (χ0) is 14.3. The molecule has 2 N–H and O–H groups in total. The average Bonchev–Trinajstić information content (AvgIpc) is 2.65. The number of hydrogen-bond acceptors (Lipinski definition) is 4. The van der Waals surface area contributed by atoms with Gasteiger partial charge in [-0.25, -0.2) is 0 Å². The van der Waals surface area contributed by atoms with Crippen LogP contribution in [-0.2, 0) is 6.54 Å². The number of pyridine rings is 1. The molecule has 0 atom stereocenters. The van der Waals surface area contributed by atoms with Crippen LogP contribution < -0.4 is 5.73 Å². The summed E-state index contributed by atoms with van der Waals surface area (Å²) in [5.74, 6) is -0.674. The summed E-state index contributed by atoms with van der Waals surface area (Å²) in [6.07, 6.45) is 0. The lowest BCUT2D eigenvalue weighted by Gasteiger charge is -2.13. The number of aromatic nitrogens is 1. The molecular weight excluding hydrogens is 254 g/mol. The molecule has 0 aliphatic carbocycles. The molecule has 2 aromatic rings. The highest BCUT2D eigenvalue weighted by molar-refractivity contribution is 6.23. The van der Waals surface area contributed by atoms with Crippen LogP contribution in [0.4, 0.5) is 5.69 Å². The third-order valence-corrected chi connectivity index (χ3v) is 3.30. The molecule has 1 aromatic heterocycles. The average molecular weight is 267 g/mol. The fourth-order valence-electron chi connectivity index (χ4n) is 2.35. The Morgan fingerprint density at radius 3 is 2.55 bits per heavy atom. The Labute approximate surface area is 116 Å². The molecule has 0 saturated carbocycles. The Kier molecular flexibility index (Phi) is 2.75. The molecule has 0 radical (unpaired) electrons. The van der Waals surface area contributed by atoms with Crippen molar-refractivity contribution in [3.8, 4) is 0 Å². The number of amides is 2. The molecule has 20 heavy (non-hydrogen) atoms. The molecule has 100 valence electrons. The lowest BCUT2D eigenvalue weighted by Crippen LogP contribution is -2.29. The lowest BCUT2D eigenvalue weighted by atomic mass is 10.1. The molecule has 1 aliphatic rings. The summed E-state index contributed by atoms with van der Waals surface area (Å²) in [4.78, 5) is 30.1. The van der Waals surface area contributed by atoms with Crippen LogP contribution in [0.25, 0.3) is 0 Å². The largest absolute Gasteiger partial charge is 0.398 e. The van der Waals surface area contributed by atoms with Crippen LogP contribution in [-0.4, -0.2) is 21.7 Å². The highest BCUT2D eigenvalue weighted by Crippen LogP contribution is 2.28. The number of nitrogens with zero attached hydrogens (tertiary/aromatic N) is 2. The molecule has 5 heteroatoms. The van der Waals surface area contributed by atoms with E-state index in [9.17, 15) is 9.59 Å². The van der Waals surface area contributed by atoms with Crippen LogP contribution in [0, 0.1) is 6.92 Å². The van der Waals surface area contributed by atoms with E-state index in [4.69, 9.17) is 5.73 Å². The lowest BCUT2D eigenvalue weighted by molar-refractivity contribution is 0.0640. The predicted molar refractivity (Wildman–Crippen MR) is 74.0 cm³/mol. The van der Waals surface area contributed by atoms with Crippen molar-refractivity contribution in [3.05, 3.63) is 58.9 Å². The number of hydrogen-bond donors (Lipinski definition) is 1. The van der Waals surface area contributed by atoms with Gasteiger partial charge in [0.2, 0.25) is 0 Å². The fraction of sp³-hybridized carbons (Fsp3) is 0.133. The summed E-state index contributed by atoms with van der Waals surface area (Å²) in [6, 6.07) is 10.4. The van der Waals surface area contributed by atoms with Gasteiger partial charge in [0, 0.05) is 11.4 Å². The Bertz CT molecular complexity index is 725. The van der Waals surface area contributed by atoms with Crippen LogP contribution in [0.2, 0.25) is 0 Å². The zero-order valence-corrected chi connectivity index (χ0v) is 11.0. The molecule has 0 bridgehead atoms. The van der Waals surface area contributed by atoms with E-state index in [0.717, 1.165) is 5.69 Å². The monoisotopic (exact) mass is 267 g/mol. The van der Waals surface area contributed by atoms with E-state index in [-0.39, 0.29) is 18.4 Å². The number of imide groups is 1. The number of rotatable bonds is 2. The Morgan fingerprint density at radius 2 is 1.85 bits per heavy atom. The third kappa shape index (κ3) is 1.84. The van der Waals surface area contributed by atoms with Gasteiger partial charge in [-0.15, -0.1) is 0 Å². The van der Waals surface area contributed by atoms with Gasteiger partial charge in [-0.05, 0) is 31.2 Å². The smallest absolute Gasteiger partial charge is 0.264 e. The van der Waals surface area contributed by atoms with Gasteiger partial charge < -0.3 is 5.73 Å². The first-order valence-corrected chi connectivity index (χ1v) is 6.25. The van der Waals surface area contributed by atoms with Crippen LogP contribution in [0.3, 0.4) is 0 Å². The van der Waals surface area contributed by atoms with E-state index >= 15 is 0 Å². The molecule has 1 aromatic carbocycles. The second-order valence-corrected chi connectivity index (χ2v) is 4.74.